The summed E-state index contributed by atoms with van der Waals surface area (Å²) in [5.74, 6) is -5.60. The zero-order chi connectivity index (χ0) is 55.8. The van der Waals surface area contributed by atoms with Gasteiger partial charge in [0.25, 0.3) is 0 Å². The van der Waals surface area contributed by atoms with Crippen LogP contribution in [0.25, 0.3) is 0 Å². The van der Waals surface area contributed by atoms with Crippen LogP contribution in [-0.2, 0) is 47.5 Å². The molecule has 9 aliphatic rings. The van der Waals surface area contributed by atoms with Crippen molar-refractivity contribution in [1.29, 1.82) is 0 Å². The van der Waals surface area contributed by atoms with Gasteiger partial charge in [0, 0.05) is 0 Å². The van der Waals surface area contributed by atoms with Crippen LogP contribution in [0.3, 0.4) is 0 Å². The van der Waals surface area contributed by atoms with Crippen molar-refractivity contribution < 1.29 is 114 Å². The number of aliphatic hydroxyl groups excluding tert-OH is 11. The van der Waals surface area contributed by atoms with Gasteiger partial charge >= 0.3 is 17.9 Å². The van der Waals surface area contributed by atoms with Crippen molar-refractivity contribution >= 4 is 11.9 Å². The van der Waals surface area contributed by atoms with E-state index in [0.29, 0.717) is 51.4 Å². The average molecular weight is 1090 g/mol. The molecule has 8 fully saturated rings. The molecule has 76 heavy (non-hydrogen) atoms. The van der Waals surface area contributed by atoms with Gasteiger partial charge in [0.2, 0.25) is 0 Å². The molecule has 4 heterocycles. The summed E-state index contributed by atoms with van der Waals surface area (Å²) >= 11 is 0. The number of hydrogen-bond acceptors (Lipinski definition) is 22. The van der Waals surface area contributed by atoms with Crippen molar-refractivity contribution in [1.82, 2.24) is 0 Å². The standard InChI is InChI=1S/C53H84O23/c1-22-30(56)33(59)36(62)44(70-22)72-38-37(63)39(73-43-35(61)31(57)25(55)21-69-43)45(74-40(38)42(65)66)71-29-12-13-49(6)27(48(29,4)5)11-14-51(8)28(49)10-9-23-24-19-47(2,3)15-17-52(24,18-16-50(23,51)7)46(67)76-53(68)41(64)34(60)32(58)26(20-54)75-53/h9,22,24-41,43-45,54-64,68H,10-21H2,1-8H3,(H,65,66)/t22-,24+,25-,26?,27?,28?,29+,30-,31-,32-,33+,34?,35+,36+,37?,38+,39+,40?,41+,43?,44?,45-,49+,50-,51-,52+,53-/m1/s1. The number of hydrogen-bond donors (Lipinski definition) is 13. The molecule has 13 N–H and O–H groups in total. The van der Waals surface area contributed by atoms with Gasteiger partial charge in [-0.05, 0) is 116 Å². The van der Waals surface area contributed by atoms with Gasteiger partial charge in [-0.2, -0.15) is 0 Å². The summed E-state index contributed by atoms with van der Waals surface area (Å²) < 4.78 is 47.3. The number of carboxylic acid groups (broad SMARTS) is 1. The van der Waals surface area contributed by atoms with Crippen molar-refractivity contribution in [2.75, 3.05) is 13.2 Å². The van der Waals surface area contributed by atoms with E-state index in [-0.39, 0.29) is 34.0 Å². The highest BCUT2D eigenvalue weighted by molar-refractivity contribution is 5.79. The number of esters is 1. The molecular weight excluding hydrogens is 1000 g/mol. The monoisotopic (exact) mass is 1090 g/mol. The minimum atomic E-state index is -3.03. The summed E-state index contributed by atoms with van der Waals surface area (Å²) in [7, 11) is 0. The van der Waals surface area contributed by atoms with E-state index in [1.807, 2.05) is 0 Å². The highest BCUT2D eigenvalue weighted by Gasteiger charge is 2.71. The Hall–Kier alpha value is -2.08. The number of fused-ring (bicyclic) bond motifs is 7. The molecule has 434 valence electrons. The van der Waals surface area contributed by atoms with E-state index in [2.05, 4.69) is 54.5 Å². The number of rotatable bonds is 10. The number of carbonyl (C=O) groups is 2. The molecule has 4 saturated carbocycles. The number of allylic oxidation sites excluding steroid dienone is 2. The van der Waals surface area contributed by atoms with E-state index in [0.717, 1.165) is 18.4 Å². The number of ether oxygens (including phenoxy) is 8. The van der Waals surface area contributed by atoms with Gasteiger partial charge in [0.05, 0.1) is 30.8 Å². The lowest BCUT2D eigenvalue weighted by atomic mass is 9.33. The molecule has 9 rings (SSSR count). The SMILES string of the molecule is C[C@H]1OC(O[C@@H]2C(C(=O)O)O[C@@H](O[C@H]3CC[C@@]4(C)C(CC[C@]5(C)C4CC=C4[C@@H]6CC(C)(C)CC[C@]6(C(=O)O[C@]6(O)OC(CO)[C@@H](O)C(O)[C@@H]6O)CC[C@]45C)C3(C)C)[C@@H](OC3OC[C@@H](O)[C@@H](O)[C@@H]3O)C2O)[C@@H](O)[C@@H](O)[C@@H]1O. The Kier molecular flexibility index (Phi) is 15.7. The first-order chi connectivity index (χ1) is 35.3. The van der Waals surface area contributed by atoms with Crippen molar-refractivity contribution in [3.05, 3.63) is 11.6 Å². The first-order valence-electron chi connectivity index (χ1n) is 27.2. The first kappa shape index (κ1) is 58.6. The van der Waals surface area contributed by atoms with Gasteiger partial charge in [-0.15, -0.1) is 0 Å². The molecule has 0 aromatic carbocycles. The Balaban J connectivity index is 0.983. The molecule has 0 radical (unpaired) electrons. The topological polar surface area (TPSA) is 371 Å². The van der Waals surface area contributed by atoms with Crippen molar-refractivity contribution in [3.63, 3.8) is 0 Å². The fourth-order valence-electron chi connectivity index (χ4n) is 16.2. The maximum Gasteiger partial charge on any atom is 0.357 e. The van der Waals surface area contributed by atoms with Crippen LogP contribution < -0.4 is 0 Å². The molecule has 0 spiro atoms. The number of carboxylic acids is 1. The van der Waals surface area contributed by atoms with Gasteiger partial charge in [-0.1, -0.05) is 60.1 Å². The molecule has 23 heteroatoms. The Morgan fingerprint density at radius 1 is 0.684 bits per heavy atom. The Morgan fingerprint density at radius 3 is 2.01 bits per heavy atom. The predicted molar refractivity (Wildman–Crippen MR) is 257 cm³/mol. The first-order valence-corrected chi connectivity index (χ1v) is 27.2. The molecule has 4 aliphatic heterocycles. The summed E-state index contributed by atoms with van der Waals surface area (Å²) in [5.41, 5.74) is -1.81. The van der Waals surface area contributed by atoms with E-state index >= 15 is 0 Å². The van der Waals surface area contributed by atoms with Gasteiger partial charge in [-0.3, -0.25) is 4.79 Å². The van der Waals surface area contributed by atoms with Gasteiger partial charge < -0.3 is 104 Å². The number of aliphatic hydroxyl groups is 12. The van der Waals surface area contributed by atoms with E-state index < -0.39 is 164 Å². The van der Waals surface area contributed by atoms with Crippen LogP contribution in [0.5, 0.6) is 0 Å². The van der Waals surface area contributed by atoms with E-state index in [1.165, 1.54) is 6.92 Å². The minimum absolute atomic E-state index is 0.00834. The minimum Gasteiger partial charge on any atom is -0.479 e. The third kappa shape index (κ3) is 9.23. The summed E-state index contributed by atoms with van der Waals surface area (Å²) in [6, 6.07) is 0. The maximum atomic E-state index is 14.8. The third-order valence-electron chi connectivity index (χ3n) is 21.1. The lowest BCUT2D eigenvalue weighted by molar-refractivity contribution is -0.436. The summed E-state index contributed by atoms with van der Waals surface area (Å²) in [6.07, 6.45) is -23.7. The zero-order valence-corrected chi connectivity index (χ0v) is 44.7. The lowest BCUT2D eigenvalue weighted by Gasteiger charge is -2.71. The van der Waals surface area contributed by atoms with Crippen LogP contribution in [-0.4, -0.2) is 214 Å². The molecule has 27 atom stereocenters. The van der Waals surface area contributed by atoms with Gasteiger partial charge in [-0.25, -0.2) is 4.79 Å². The van der Waals surface area contributed by atoms with Crippen LogP contribution >= 0.6 is 0 Å². The van der Waals surface area contributed by atoms with Crippen LogP contribution in [0.15, 0.2) is 11.6 Å². The molecular formula is C53H84O23. The molecule has 0 aromatic heterocycles. The summed E-state index contributed by atoms with van der Waals surface area (Å²) in [4.78, 5) is 27.8. The summed E-state index contributed by atoms with van der Waals surface area (Å²) in [6.45, 7) is 15.6. The molecule has 0 bridgehead atoms. The van der Waals surface area contributed by atoms with E-state index in [4.69, 9.17) is 37.9 Å². The van der Waals surface area contributed by atoms with E-state index in [1.54, 1.807) is 0 Å². The highest BCUT2D eigenvalue weighted by atomic mass is 16.9. The highest BCUT2D eigenvalue weighted by Crippen LogP contribution is 2.76. The second-order valence-electron chi connectivity index (χ2n) is 26.0. The second-order valence-corrected chi connectivity index (χ2v) is 26.0. The molecule has 0 aromatic rings. The molecule has 8 unspecified atom stereocenters. The predicted octanol–water partition coefficient (Wildman–Crippen LogP) is -0.956. The third-order valence-corrected chi connectivity index (χ3v) is 21.1. The fourth-order valence-corrected chi connectivity index (χ4v) is 16.2. The quantitative estimate of drug-likeness (QED) is 0.0542. The second kappa shape index (κ2) is 20.4. The molecule has 23 nitrogen and oxygen atoms in total. The largest absolute Gasteiger partial charge is 0.479 e. The average Bonchev–Trinajstić information content (AvgIpc) is 3.41. The maximum absolute atomic E-state index is 14.8. The van der Waals surface area contributed by atoms with Crippen LogP contribution in [0.2, 0.25) is 0 Å². The molecule has 4 saturated heterocycles. The van der Waals surface area contributed by atoms with E-state index in [9.17, 15) is 76.0 Å². The zero-order valence-electron chi connectivity index (χ0n) is 44.7. The summed E-state index contributed by atoms with van der Waals surface area (Å²) in [5, 5.41) is 139. The molecule has 5 aliphatic carbocycles. The van der Waals surface area contributed by atoms with Crippen LogP contribution in [0.1, 0.15) is 120 Å². The van der Waals surface area contributed by atoms with Crippen molar-refractivity contribution in [2.24, 2.45) is 50.2 Å². The van der Waals surface area contributed by atoms with Crippen molar-refractivity contribution in [2.45, 2.75) is 242 Å². The van der Waals surface area contributed by atoms with Crippen molar-refractivity contribution in [3.8, 4) is 0 Å². The normalized spacial score (nSPS) is 53.9. The Morgan fingerprint density at radius 2 is 1.34 bits per heavy atom. The Labute approximate surface area is 442 Å². The Bertz CT molecular complexity index is 2180. The van der Waals surface area contributed by atoms with Crippen LogP contribution in [0.4, 0.5) is 0 Å². The number of carbonyl (C=O) groups excluding carboxylic acids is 1. The molecule has 0 amide bonds. The lowest BCUT2D eigenvalue weighted by Crippen LogP contribution is -2.68. The smallest absolute Gasteiger partial charge is 0.357 e. The fraction of sp³-hybridized carbons (Fsp3) is 0.925. The van der Waals surface area contributed by atoms with Gasteiger partial charge in [0.15, 0.2) is 31.1 Å². The van der Waals surface area contributed by atoms with Crippen LogP contribution in [0, 0.1) is 50.2 Å². The number of aliphatic carboxylic acids is 1. The van der Waals surface area contributed by atoms with Gasteiger partial charge in [0.1, 0.15) is 73.2 Å².